The summed E-state index contributed by atoms with van der Waals surface area (Å²) in [4.78, 5) is 10.8. The Morgan fingerprint density at radius 3 is 2.73 bits per heavy atom. The zero-order valence-electron chi connectivity index (χ0n) is 8.73. The van der Waals surface area contributed by atoms with E-state index in [1.54, 1.807) is 19.1 Å². The molecule has 2 N–H and O–H groups in total. The number of ether oxygens (including phenoxy) is 1. The van der Waals surface area contributed by atoms with Crippen molar-refractivity contribution in [2.45, 2.75) is 19.8 Å². The van der Waals surface area contributed by atoms with Crippen molar-refractivity contribution in [3.8, 4) is 11.5 Å². The van der Waals surface area contributed by atoms with Gasteiger partial charge in [-0.15, -0.1) is 0 Å². The van der Waals surface area contributed by atoms with Crippen molar-refractivity contribution in [3.05, 3.63) is 23.8 Å². The molecule has 0 amide bonds. The predicted molar refractivity (Wildman–Crippen MR) is 55.3 cm³/mol. The van der Waals surface area contributed by atoms with Crippen LogP contribution in [0.4, 0.5) is 0 Å². The Bertz CT molecular complexity index is 360. The number of phenolic OH excluding ortho intramolecular Hbond substituents is 1. The van der Waals surface area contributed by atoms with Gasteiger partial charge in [0, 0.05) is 5.56 Å². The van der Waals surface area contributed by atoms with E-state index in [9.17, 15) is 9.90 Å². The molecule has 1 aromatic carbocycles. The van der Waals surface area contributed by atoms with Crippen molar-refractivity contribution in [2.75, 3.05) is 6.61 Å². The first-order valence-electron chi connectivity index (χ1n) is 4.75. The molecule has 0 radical (unpaired) electrons. The molecule has 0 spiro atoms. The number of benzene rings is 1. The summed E-state index contributed by atoms with van der Waals surface area (Å²) < 4.78 is 5.27. The molecule has 4 nitrogen and oxygen atoms in total. The molecule has 1 atom stereocenters. The van der Waals surface area contributed by atoms with Crippen LogP contribution in [0.1, 0.15) is 25.3 Å². The molecule has 1 rings (SSSR count). The maximum atomic E-state index is 10.8. The fourth-order valence-corrected chi connectivity index (χ4v) is 1.37. The highest BCUT2D eigenvalue weighted by molar-refractivity contribution is 5.78. The zero-order chi connectivity index (χ0) is 11.4. The number of carboxylic acid groups (broad SMARTS) is 1. The van der Waals surface area contributed by atoms with Crippen molar-refractivity contribution in [2.24, 2.45) is 0 Å². The molecule has 0 aliphatic carbocycles. The predicted octanol–water partition coefficient (Wildman–Crippen LogP) is 1.98. The Kier molecular flexibility index (Phi) is 3.55. The number of rotatable bonds is 4. The summed E-state index contributed by atoms with van der Waals surface area (Å²) >= 11 is 0. The Hall–Kier alpha value is -1.71. The topological polar surface area (TPSA) is 66.8 Å². The van der Waals surface area contributed by atoms with Crippen LogP contribution in [-0.4, -0.2) is 22.8 Å². The highest BCUT2D eigenvalue weighted by atomic mass is 16.5. The maximum Gasteiger partial charge on any atom is 0.310 e. The summed E-state index contributed by atoms with van der Waals surface area (Å²) in [5.74, 6) is -1.39. The molecule has 0 aromatic heterocycles. The van der Waals surface area contributed by atoms with Gasteiger partial charge in [0.05, 0.1) is 12.5 Å². The first-order chi connectivity index (χ1) is 7.07. The lowest BCUT2D eigenvalue weighted by Gasteiger charge is -2.14. The Morgan fingerprint density at radius 1 is 1.53 bits per heavy atom. The van der Waals surface area contributed by atoms with Crippen LogP contribution < -0.4 is 4.74 Å². The lowest BCUT2D eigenvalue weighted by molar-refractivity contribution is -0.138. The molecule has 0 heterocycles. The largest absolute Gasteiger partial charge is 0.508 e. The van der Waals surface area contributed by atoms with Gasteiger partial charge in [-0.1, -0.05) is 6.07 Å². The molecule has 0 saturated carbocycles. The number of aromatic hydroxyl groups is 1. The summed E-state index contributed by atoms with van der Waals surface area (Å²) in [7, 11) is 0. The zero-order valence-corrected chi connectivity index (χ0v) is 8.73. The summed E-state index contributed by atoms with van der Waals surface area (Å²) in [5, 5.41) is 18.5. The number of aliphatic carboxylic acids is 1. The van der Waals surface area contributed by atoms with Crippen molar-refractivity contribution in [1.82, 2.24) is 0 Å². The minimum Gasteiger partial charge on any atom is -0.508 e. The van der Waals surface area contributed by atoms with E-state index in [-0.39, 0.29) is 5.75 Å². The van der Waals surface area contributed by atoms with E-state index in [2.05, 4.69) is 0 Å². The fraction of sp³-hybridized carbons (Fsp3) is 0.364. The summed E-state index contributed by atoms with van der Waals surface area (Å²) in [6.45, 7) is 3.75. The van der Waals surface area contributed by atoms with E-state index in [0.29, 0.717) is 17.9 Å². The highest BCUT2D eigenvalue weighted by Crippen LogP contribution is 2.34. The highest BCUT2D eigenvalue weighted by Gasteiger charge is 2.21. The lowest BCUT2D eigenvalue weighted by atomic mass is 9.99. The summed E-state index contributed by atoms with van der Waals surface area (Å²) in [6, 6.07) is 4.73. The molecule has 0 fully saturated rings. The molecule has 15 heavy (non-hydrogen) atoms. The van der Waals surface area contributed by atoms with Crippen LogP contribution in [0.15, 0.2) is 18.2 Å². The van der Waals surface area contributed by atoms with Gasteiger partial charge >= 0.3 is 5.97 Å². The van der Waals surface area contributed by atoms with Gasteiger partial charge in [0.1, 0.15) is 11.5 Å². The normalized spacial score (nSPS) is 12.1. The molecule has 0 saturated heterocycles. The fourth-order valence-electron chi connectivity index (χ4n) is 1.37. The molecular formula is C11H14O4. The van der Waals surface area contributed by atoms with Crippen LogP contribution in [-0.2, 0) is 4.79 Å². The van der Waals surface area contributed by atoms with Crippen molar-refractivity contribution < 1.29 is 19.7 Å². The third-order valence-electron chi connectivity index (χ3n) is 2.15. The molecule has 1 aromatic rings. The van der Waals surface area contributed by atoms with Crippen LogP contribution >= 0.6 is 0 Å². The van der Waals surface area contributed by atoms with Crippen LogP contribution in [0.25, 0.3) is 0 Å². The smallest absolute Gasteiger partial charge is 0.310 e. The standard InChI is InChI=1S/C11H14O4/c1-3-15-9-6-4-5-8(12)10(9)7(2)11(13)14/h4-7,12H,3H2,1-2H3,(H,13,14). The quantitative estimate of drug-likeness (QED) is 0.797. The molecule has 4 heteroatoms. The van der Waals surface area contributed by atoms with Crippen LogP contribution in [0.5, 0.6) is 11.5 Å². The number of carbonyl (C=O) groups is 1. The maximum absolute atomic E-state index is 10.8. The van der Waals surface area contributed by atoms with E-state index >= 15 is 0 Å². The van der Waals surface area contributed by atoms with Crippen LogP contribution in [0.3, 0.4) is 0 Å². The summed E-state index contributed by atoms with van der Waals surface area (Å²) in [6.07, 6.45) is 0. The molecule has 0 aliphatic heterocycles. The van der Waals surface area contributed by atoms with E-state index < -0.39 is 11.9 Å². The van der Waals surface area contributed by atoms with Gasteiger partial charge in [0.2, 0.25) is 0 Å². The van der Waals surface area contributed by atoms with Gasteiger partial charge < -0.3 is 14.9 Å². The first kappa shape index (κ1) is 11.4. The van der Waals surface area contributed by atoms with Crippen LogP contribution in [0, 0.1) is 0 Å². The third-order valence-corrected chi connectivity index (χ3v) is 2.15. The van der Waals surface area contributed by atoms with Gasteiger partial charge in [-0.05, 0) is 26.0 Å². The molecular weight excluding hydrogens is 196 g/mol. The van der Waals surface area contributed by atoms with Crippen molar-refractivity contribution in [1.29, 1.82) is 0 Å². The van der Waals surface area contributed by atoms with Gasteiger partial charge in [-0.25, -0.2) is 0 Å². The number of hydrogen-bond donors (Lipinski definition) is 2. The number of carboxylic acids is 1. The minimum absolute atomic E-state index is 0.0455. The Balaban J connectivity index is 3.17. The Labute approximate surface area is 88.1 Å². The summed E-state index contributed by atoms with van der Waals surface area (Å²) in [5.41, 5.74) is 0.326. The third kappa shape index (κ3) is 2.40. The monoisotopic (exact) mass is 210 g/mol. The first-order valence-corrected chi connectivity index (χ1v) is 4.75. The second-order valence-corrected chi connectivity index (χ2v) is 3.18. The average Bonchev–Trinajstić information content (AvgIpc) is 2.17. The van der Waals surface area contributed by atoms with E-state index in [1.807, 2.05) is 0 Å². The van der Waals surface area contributed by atoms with E-state index in [4.69, 9.17) is 9.84 Å². The number of phenols is 1. The second kappa shape index (κ2) is 4.68. The molecule has 0 aliphatic rings. The lowest BCUT2D eigenvalue weighted by Crippen LogP contribution is -2.09. The van der Waals surface area contributed by atoms with Crippen LogP contribution in [0.2, 0.25) is 0 Å². The van der Waals surface area contributed by atoms with Gasteiger partial charge in [-0.2, -0.15) is 0 Å². The molecule has 1 unspecified atom stereocenters. The second-order valence-electron chi connectivity index (χ2n) is 3.18. The van der Waals surface area contributed by atoms with E-state index in [0.717, 1.165) is 0 Å². The van der Waals surface area contributed by atoms with Crippen molar-refractivity contribution in [3.63, 3.8) is 0 Å². The van der Waals surface area contributed by atoms with E-state index in [1.165, 1.54) is 13.0 Å². The van der Waals surface area contributed by atoms with Crippen molar-refractivity contribution >= 4 is 5.97 Å². The molecule has 0 bridgehead atoms. The van der Waals surface area contributed by atoms with Gasteiger partial charge in [0.25, 0.3) is 0 Å². The number of hydrogen-bond acceptors (Lipinski definition) is 3. The molecule has 82 valence electrons. The average molecular weight is 210 g/mol. The van der Waals surface area contributed by atoms with Gasteiger partial charge in [0.15, 0.2) is 0 Å². The minimum atomic E-state index is -0.988. The Morgan fingerprint density at radius 2 is 2.20 bits per heavy atom. The SMILES string of the molecule is CCOc1cccc(O)c1C(C)C(=O)O. The van der Waals surface area contributed by atoms with Gasteiger partial charge in [-0.3, -0.25) is 4.79 Å².